The summed E-state index contributed by atoms with van der Waals surface area (Å²) in [6, 6.07) is 0. The van der Waals surface area contributed by atoms with Crippen LogP contribution in [0, 0.1) is 5.92 Å². The lowest BCUT2D eigenvalue weighted by molar-refractivity contribution is -0.137. The van der Waals surface area contributed by atoms with Gasteiger partial charge in [0.2, 0.25) is 11.8 Å². The minimum absolute atomic E-state index is 0.0364. The average molecular weight is 258 g/mol. The highest BCUT2D eigenvalue weighted by Gasteiger charge is 2.06. The Morgan fingerprint density at radius 3 is 2.11 bits per heavy atom. The predicted molar refractivity (Wildman–Crippen MR) is 67.0 cm³/mol. The van der Waals surface area contributed by atoms with E-state index in [1.54, 1.807) is 13.8 Å². The second kappa shape index (κ2) is 9.44. The maximum Gasteiger partial charge on any atom is 0.303 e. The molecule has 0 aromatic carbocycles. The first-order valence-corrected chi connectivity index (χ1v) is 6.19. The Labute approximate surface area is 107 Å². The Kier molecular flexibility index (Phi) is 8.61. The van der Waals surface area contributed by atoms with Crippen molar-refractivity contribution in [1.82, 2.24) is 10.6 Å². The Bertz CT molecular complexity index is 290. The van der Waals surface area contributed by atoms with Crippen molar-refractivity contribution < 1.29 is 19.5 Å². The minimum Gasteiger partial charge on any atom is -0.481 e. The lowest BCUT2D eigenvalue weighted by Crippen LogP contribution is -2.36. The number of carboxylic acids is 1. The minimum atomic E-state index is -0.841. The fourth-order valence-corrected chi connectivity index (χ4v) is 1.24. The maximum atomic E-state index is 11.3. The number of carbonyl (C=O) groups is 3. The number of amides is 2. The smallest absolute Gasteiger partial charge is 0.303 e. The first kappa shape index (κ1) is 16.4. The molecule has 0 atom stereocenters. The summed E-state index contributed by atoms with van der Waals surface area (Å²) < 4.78 is 0. The Balaban J connectivity index is 3.43. The first-order chi connectivity index (χ1) is 8.43. The third-order valence-corrected chi connectivity index (χ3v) is 2.32. The van der Waals surface area contributed by atoms with E-state index in [2.05, 4.69) is 10.6 Å². The van der Waals surface area contributed by atoms with Crippen LogP contribution < -0.4 is 10.6 Å². The van der Waals surface area contributed by atoms with Crippen LogP contribution in [0.25, 0.3) is 0 Å². The van der Waals surface area contributed by atoms with E-state index in [1.165, 1.54) is 0 Å². The van der Waals surface area contributed by atoms with E-state index in [0.717, 1.165) is 0 Å². The van der Waals surface area contributed by atoms with Crippen molar-refractivity contribution in [2.45, 2.75) is 39.5 Å². The van der Waals surface area contributed by atoms with Crippen molar-refractivity contribution in [2.75, 3.05) is 13.1 Å². The van der Waals surface area contributed by atoms with Gasteiger partial charge < -0.3 is 15.7 Å². The molecule has 0 saturated heterocycles. The molecule has 6 nitrogen and oxygen atoms in total. The quantitative estimate of drug-likeness (QED) is 0.525. The summed E-state index contributed by atoms with van der Waals surface area (Å²) >= 11 is 0. The van der Waals surface area contributed by atoms with Gasteiger partial charge in [0.15, 0.2) is 0 Å². The fraction of sp³-hybridized carbons (Fsp3) is 0.750. The van der Waals surface area contributed by atoms with E-state index in [1.807, 2.05) is 0 Å². The molecule has 0 aliphatic rings. The van der Waals surface area contributed by atoms with Gasteiger partial charge in [-0.05, 0) is 12.8 Å². The van der Waals surface area contributed by atoms with Gasteiger partial charge in [0, 0.05) is 31.8 Å². The highest BCUT2D eigenvalue weighted by Crippen LogP contribution is 1.99. The zero-order valence-electron chi connectivity index (χ0n) is 11.0. The third-order valence-electron chi connectivity index (χ3n) is 2.32. The molecule has 0 bridgehead atoms. The number of carboxylic acid groups (broad SMARTS) is 1. The van der Waals surface area contributed by atoms with Crippen molar-refractivity contribution in [3.63, 3.8) is 0 Å². The van der Waals surface area contributed by atoms with Gasteiger partial charge in [0.25, 0.3) is 0 Å². The molecule has 2 amide bonds. The summed E-state index contributed by atoms with van der Waals surface area (Å²) in [6.07, 6.45) is 1.49. The van der Waals surface area contributed by atoms with Crippen molar-refractivity contribution in [3.8, 4) is 0 Å². The van der Waals surface area contributed by atoms with E-state index < -0.39 is 5.97 Å². The van der Waals surface area contributed by atoms with E-state index in [4.69, 9.17) is 5.11 Å². The van der Waals surface area contributed by atoms with Crippen molar-refractivity contribution in [3.05, 3.63) is 0 Å². The van der Waals surface area contributed by atoms with E-state index in [-0.39, 0.29) is 24.2 Å². The lowest BCUT2D eigenvalue weighted by atomic mass is 10.2. The van der Waals surface area contributed by atoms with Crippen LogP contribution in [0.15, 0.2) is 0 Å². The molecule has 0 fully saturated rings. The summed E-state index contributed by atoms with van der Waals surface area (Å²) in [4.78, 5) is 32.7. The number of rotatable bonds is 9. The molecule has 6 heteroatoms. The van der Waals surface area contributed by atoms with Gasteiger partial charge in [-0.1, -0.05) is 13.8 Å². The topological polar surface area (TPSA) is 95.5 Å². The third kappa shape index (κ3) is 9.62. The highest BCUT2D eigenvalue weighted by atomic mass is 16.4. The van der Waals surface area contributed by atoms with Crippen molar-refractivity contribution in [2.24, 2.45) is 5.92 Å². The van der Waals surface area contributed by atoms with Crippen molar-refractivity contribution in [1.29, 1.82) is 0 Å². The number of aliphatic carboxylic acids is 1. The molecule has 0 aliphatic heterocycles. The van der Waals surface area contributed by atoms with Gasteiger partial charge in [0.05, 0.1) is 0 Å². The van der Waals surface area contributed by atoms with Crippen LogP contribution in [0.5, 0.6) is 0 Å². The number of carbonyl (C=O) groups excluding carboxylic acids is 2. The molecule has 18 heavy (non-hydrogen) atoms. The number of unbranched alkanes of at least 4 members (excludes halogenated alkanes) is 1. The Morgan fingerprint density at radius 1 is 1.00 bits per heavy atom. The molecule has 0 rings (SSSR count). The molecule has 0 spiro atoms. The number of hydrogen-bond acceptors (Lipinski definition) is 3. The Morgan fingerprint density at radius 2 is 1.56 bits per heavy atom. The maximum absolute atomic E-state index is 11.3. The summed E-state index contributed by atoms with van der Waals surface area (Å²) in [5.74, 6) is -1.05. The lowest BCUT2D eigenvalue weighted by Gasteiger charge is -2.08. The van der Waals surface area contributed by atoms with Gasteiger partial charge >= 0.3 is 5.97 Å². The summed E-state index contributed by atoms with van der Waals surface area (Å²) in [7, 11) is 0. The van der Waals surface area contributed by atoms with E-state index in [0.29, 0.717) is 32.4 Å². The molecule has 104 valence electrons. The molecule has 0 heterocycles. The molecule has 0 radical (unpaired) electrons. The largest absolute Gasteiger partial charge is 0.481 e. The molecule has 0 aromatic rings. The van der Waals surface area contributed by atoms with Crippen LogP contribution in [-0.2, 0) is 14.4 Å². The Hall–Kier alpha value is -1.59. The van der Waals surface area contributed by atoms with Crippen LogP contribution >= 0.6 is 0 Å². The predicted octanol–water partition coefficient (Wildman–Crippen LogP) is 0.520. The van der Waals surface area contributed by atoms with Crippen LogP contribution in [0.1, 0.15) is 39.5 Å². The van der Waals surface area contributed by atoms with Crippen LogP contribution in [0.4, 0.5) is 0 Å². The second-order valence-electron chi connectivity index (χ2n) is 4.40. The van der Waals surface area contributed by atoms with E-state index >= 15 is 0 Å². The highest BCUT2D eigenvalue weighted by molar-refractivity contribution is 5.78. The number of nitrogens with one attached hydrogen (secondary N) is 2. The molecule has 0 aromatic heterocycles. The molecule has 0 saturated carbocycles. The normalized spacial score (nSPS) is 10.2. The monoisotopic (exact) mass is 258 g/mol. The zero-order chi connectivity index (χ0) is 14.0. The van der Waals surface area contributed by atoms with Crippen molar-refractivity contribution >= 4 is 17.8 Å². The fourth-order valence-electron chi connectivity index (χ4n) is 1.24. The second-order valence-corrected chi connectivity index (χ2v) is 4.40. The first-order valence-electron chi connectivity index (χ1n) is 6.19. The van der Waals surface area contributed by atoms with Gasteiger partial charge in [-0.15, -0.1) is 0 Å². The molecular weight excluding hydrogens is 236 g/mol. The van der Waals surface area contributed by atoms with Gasteiger partial charge in [-0.25, -0.2) is 0 Å². The zero-order valence-corrected chi connectivity index (χ0v) is 11.0. The molecule has 3 N–H and O–H groups in total. The molecule has 0 aliphatic carbocycles. The summed E-state index contributed by atoms with van der Waals surface area (Å²) in [5.41, 5.74) is 0. The van der Waals surface area contributed by atoms with Crippen LogP contribution in [0.3, 0.4) is 0 Å². The van der Waals surface area contributed by atoms with Crippen LogP contribution in [0.2, 0.25) is 0 Å². The number of hydrogen-bond donors (Lipinski definition) is 3. The van der Waals surface area contributed by atoms with Gasteiger partial charge in [-0.3, -0.25) is 14.4 Å². The summed E-state index contributed by atoms with van der Waals surface area (Å²) in [5, 5.41) is 13.8. The average Bonchev–Trinajstić information content (AvgIpc) is 2.29. The molecule has 0 unspecified atom stereocenters. The standard InChI is InChI=1S/C12H22N2O4/c1-9(2)12(18)14-8-7-13-10(15)5-3-4-6-11(16)17/h9H,3-8H2,1-2H3,(H,13,15)(H,14,18)(H,16,17). The molecular formula is C12H22N2O4. The SMILES string of the molecule is CC(C)C(=O)NCCNC(=O)CCCCC(=O)O. The van der Waals surface area contributed by atoms with Crippen LogP contribution in [-0.4, -0.2) is 36.0 Å². The van der Waals surface area contributed by atoms with Gasteiger partial charge in [-0.2, -0.15) is 0 Å². The van der Waals surface area contributed by atoms with E-state index in [9.17, 15) is 14.4 Å². The van der Waals surface area contributed by atoms with Gasteiger partial charge in [0.1, 0.15) is 0 Å². The summed E-state index contributed by atoms with van der Waals surface area (Å²) in [6.45, 7) is 4.42.